The summed E-state index contributed by atoms with van der Waals surface area (Å²) in [6, 6.07) is 7.30. The molecular weight excluding hydrogens is 671 g/mol. The van der Waals surface area contributed by atoms with Crippen LogP contribution in [-0.4, -0.2) is 85.0 Å². The third-order valence-electron chi connectivity index (χ3n) is 8.68. The molecule has 0 spiro atoms. The Morgan fingerprint density at radius 1 is 1.12 bits per heavy atom. The second-order valence-electron chi connectivity index (χ2n) is 11.4. The maximum atomic E-state index is 12.1. The average molecular weight is 707 g/mol. The molecule has 5 aliphatic rings. The van der Waals surface area contributed by atoms with Gasteiger partial charge in [-0.1, -0.05) is 18.7 Å². The highest BCUT2D eigenvalue weighted by molar-refractivity contribution is 14.1. The summed E-state index contributed by atoms with van der Waals surface area (Å²) in [5.74, 6) is -2.80. The predicted octanol–water partition coefficient (Wildman–Crippen LogP) is 4.29. The molecule has 10 nitrogen and oxygen atoms in total. The van der Waals surface area contributed by atoms with Crippen LogP contribution in [0.1, 0.15) is 56.8 Å². The van der Waals surface area contributed by atoms with Gasteiger partial charge in [-0.2, -0.15) is 0 Å². The van der Waals surface area contributed by atoms with Gasteiger partial charge in [0.15, 0.2) is 12.4 Å². The molecule has 0 aliphatic carbocycles. The normalized spacial score (nSPS) is 41.6. The number of aliphatic hydroxyl groups is 1. The molecule has 1 aromatic rings. The van der Waals surface area contributed by atoms with E-state index in [2.05, 4.69) is 29.2 Å². The summed E-state index contributed by atoms with van der Waals surface area (Å²) in [5, 5.41) is 11.9. The van der Waals surface area contributed by atoms with Gasteiger partial charge >= 0.3 is 5.97 Å². The number of alkyl halides is 1. The first-order chi connectivity index (χ1) is 19.6. The maximum absolute atomic E-state index is 12.1. The zero-order chi connectivity index (χ0) is 28.9. The Kier molecular flexibility index (Phi) is 8.65. The van der Waals surface area contributed by atoms with Gasteiger partial charge in [-0.15, -0.1) is 11.6 Å². The van der Waals surface area contributed by atoms with E-state index in [1.165, 1.54) is 7.11 Å². The summed E-state index contributed by atoms with van der Waals surface area (Å²) < 4.78 is 50.2. The van der Waals surface area contributed by atoms with Gasteiger partial charge in [-0.3, -0.25) is 4.79 Å². The summed E-state index contributed by atoms with van der Waals surface area (Å²) in [6.45, 7) is 3.97. The smallest absolute Gasteiger partial charge is 0.308 e. The maximum Gasteiger partial charge on any atom is 0.308 e. The lowest BCUT2D eigenvalue weighted by atomic mass is 9.84. The minimum atomic E-state index is -1.81. The third-order valence-corrected chi connectivity index (χ3v) is 9.50. The Hall–Kier alpha value is -1.03. The van der Waals surface area contributed by atoms with Crippen molar-refractivity contribution in [3.8, 4) is 5.75 Å². The molecule has 6 rings (SSSR count). The summed E-state index contributed by atoms with van der Waals surface area (Å²) in [6.07, 6.45) is -1.19. The highest BCUT2D eigenvalue weighted by Gasteiger charge is 2.75. The van der Waals surface area contributed by atoms with Crippen LogP contribution in [0.4, 0.5) is 0 Å². The van der Waals surface area contributed by atoms with Crippen molar-refractivity contribution in [2.45, 2.75) is 111 Å². The number of halogens is 2. The van der Waals surface area contributed by atoms with Gasteiger partial charge in [0.05, 0.1) is 45.1 Å². The van der Waals surface area contributed by atoms with Crippen molar-refractivity contribution in [3.63, 3.8) is 0 Å². The van der Waals surface area contributed by atoms with Crippen molar-refractivity contribution in [1.29, 1.82) is 0 Å². The molecule has 226 valence electrons. The van der Waals surface area contributed by atoms with Crippen molar-refractivity contribution in [2.24, 2.45) is 0 Å². The summed E-state index contributed by atoms with van der Waals surface area (Å²) in [4.78, 5) is 12.0. The highest BCUT2D eigenvalue weighted by atomic mass is 127. The Morgan fingerprint density at radius 3 is 2.61 bits per heavy atom. The predicted molar refractivity (Wildman–Crippen MR) is 154 cm³/mol. The van der Waals surface area contributed by atoms with Gasteiger partial charge in [0, 0.05) is 23.8 Å². The van der Waals surface area contributed by atoms with Crippen LogP contribution in [0.3, 0.4) is 0 Å². The molecule has 5 heterocycles. The monoisotopic (exact) mass is 706 g/mol. The van der Waals surface area contributed by atoms with Crippen LogP contribution in [0, 0.1) is 0 Å². The molecule has 11 atom stereocenters. The number of benzene rings is 1. The number of carbonyl (C=O) groups excluding carboxylic acids is 1. The summed E-state index contributed by atoms with van der Waals surface area (Å²) >= 11 is 8.86. The first kappa shape index (κ1) is 30.0. The van der Waals surface area contributed by atoms with E-state index in [-0.39, 0.29) is 30.0 Å². The van der Waals surface area contributed by atoms with Gasteiger partial charge in [-0.05, 0) is 64.0 Å². The molecule has 1 N–H and O–H groups in total. The van der Waals surface area contributed by atoms with Gasteiger partial charge in [-0.25, -0.2) is 0 Å². The number of esters is 1. The number of carbonyl (C=O) groups is 1. The first-order valence-corrected chi connectivity index (χ1v) is 15.6. The fourth-order valence-electron chi connectivity index (χ4n) is 6.76. The van der Waals surface area contributed by atoms with Gasteiger partial charge in [0.1, 0.15) is 18.0 Å². The molecule has 0 aromatic heterocycles. The number of ether oxygens (including phenoxy) is 8. The van der Waals surface area contributed by atoms with E-state index in [1.54, 1.807) is 7.11 Å². The Balaban J connectivity index is 1.30. The van der Waals surface area contributed by atoms with E-state index in [9.17, 15) is 9.90 Å². The van der Waals surface area contributed by atoms with Crippen LogP contribution in [0.25, 0.3) is 0 Å². The zero-order valence-electron chi connectivity index (χ0n) is 23.0. The molecule has 1 aromatic carbocycles. The van der Waals surface area contributed by atoms with Crippen LogP contribution < -0.4 is 4.74 Å². The molecule has 0 radical (unpaired) electrons. The number of rotatable bonds is 9. The lowest BCUT2D eigenvalue weighted by Gasteiger charge is -2.48. The third kappa shape index (κ3) is 5.66. The lowest BCUT2D eigenvalue weighted by Crippen LogP contribution is -2.63. The Bertz CT molecular complexity index is 1140. The fraction of sp³-hybridized carbons (Fsp3) is 0.690. The van der Waals surface area contributed by atoms with Gasteiger partial charge < -0.3 is 43.0 Å². The molecule has 0 amide bonds. The van der Waals surface area contributed by atoms with E-state index in [0.29, 0.717) is 44.3 Å². The Morgan fingerprint density at radius 2 is 1.90 bits per heavy atom. The molecule has 41 heavy (non-hydrogen) atoms. The number of fused-ring (bicyclic) bond motifs is 10. The largest absolute Gasteiger partial charge is 0.497 e. The standard InChI is InChI=1S/C29H36ClIO10/c1-15(31)12-17(30)10-11-28-27-29(33,41-26(38-27)16-4-6-18(34-2)7-5-16)25(40-28)22-14-21(39-28)24-20(37-22)9-8-19(36-24)13-23(32)35-3/h4-7,17,19-22,24-27,33H,1,8-14H2,2-3H3/t17-,19-,20?,21-,22?,24+,25+,26+,27?,28-,29-/m1/s1. The quantitative estimate of drug-likeness (QED) is 0.227. The van der Waals surface area contributed by atoms with Crippen molar-refractivity contribution in [2.75, 3.05) is 14.2 Å². The molecule has 4 bridgehead atoms. The van der Waals surface area contributed by atoms with Crippen LogP contribution in [0.5, 0.6) is 5.75 Å². The molecule has 5 aliphatic heterocycles. The zero-order valence-corrected chi connectivity index (χ0v) is 26.0. The lowest BCUT2D eigenvalue weighted by molar-refractivity contribution is -0.306. The second-order valence-corrected chi connectivity index (χ2v) is 13.5. The Labute approximate surface area is 258 Å². The van der Waals surface area contributed by atoms with Crippen molar-refractivity contribution in [3.05, 3.63) is 40.0 Å². The van der Waals surface area contributed by atoms with Crippen LogP contribution in [0.2, 0.25) is 0 Å². The minimum Gasteiger partial charge on any atom is -0.497 e. The number of methoxy groups -OCH3 is 2. The van der Waals surface area contributed by atoms with Crippen molar-refractivity contribution < 1.29 is 47.8 Å². The summed E-state index contributed by atoms with van der Waals surface area (Å²) in [5.41, 5.74) is 0.725. The second kappa shape index (κ2) is 11.8. The molecule has 5 saturated heterocycles. The fourth-order valence-corrected chi connectivity index (χ4v) is 7.85. The van der Waals surface area contributed by atoms with Crippen molar-refractivity contribution >= 4 is 40.2 Å². The SMILES string of the molecule is C=C(I)C[C@H](Cl)CC[C@@]12O[C@@H]3CC(OC4CC[C@H](CC(=O)OC)O[C@@H]43)[C@H](O1)[C@@]1(O)O[C@@H](c3ccc(OC)cc3)OC21. The van der Waals surface area contributed by atoms with E-state index >= 15 is 0 Å². The van der Waals surface area contributed by atoms with Crippen LogP contribution in [0.15, 0.2) is 34.4 Å². The molecule has 3 unspecified atom stereocenters. The molecule has 5 fully saturated rings. The highest BCUT2D eigenvalue weighted by Crippen LogP contribution is 2.58. The molecule has 12 heteroatoms. The van der Waals surface area contributed by atoms with Gasteiger partial charge in [0.2, 0.25) is 11.6 Å². The molecular formula is C29H36ClIO10. The van der Waals surface area contributed by atoms with E-state index in [0.717, 1.165) is 9.14 Å². The topological polar surface area (TPSA) is 111 Å². The van der Waals surface area contributed by atoms with Crippen LogP contribution >= 0.6 is 34.2 Å². The number of hydrogen-bond donors (Lipinski definition) is 1. The first-order valence-electron chi connectivity index (χ1n) is 14.0. The minimum absolute atomic E-state index is 0.164. The molecule has 0 saturated carbocycles. The number of hydrogen-bond acceptors (Lipinski definition) is 10. The van der Waals surface area contributed by atoms with Crippen molar-refractivity contribution in [1.82, 2.24) is 0 Å². The van der Waals surface area contributed by atoms with E-state index in [1.807, 2.05) is 24.3 Å². The number of allylic oxidation sites excluding steroid dienone is 1. The van der Waals surface area contributed by atoms with E-state index in [4.69, 9.17) is 49.5 Å². The van der Waals surface area contributed by atoms with E-state index < -0.39 is 48.4 Å². The van der Waals surface area contributed by atoms with Gasteiger partial charge in [0.25, 0.3) is 0 Å². The summed E-state index contributed by atoms with van der Waals surface area (Å²) in [7, 11) is 2.97. The van der Waals surface area contributed by atoms with Crippen LogP contribution in [-0.2, 0) is 38.0 Å². The average Bonchev–Trinajstić information content (AvgIpc) is 3.37.